The van der Waals surface area contributed by atoms with E-state index in [0.29, 0.717) is 16.2 Å². The summed E-state index contributed by atoms with van der Waals surface area (Å²) in [7, 11) is -1.12. The molecule has 1 aliphatic rings. The van der Waals surface area contributed by atoms with Crippen LogP contribution in [0.4, 0.5) is 15.4 Å². The number of rotatable bonds is 8. The van der Waals surface area contributed by atoms with Crippen molar-refractivity contribution in [1.82, 2.24) is 9.55 Å². The van der Waals surface area contributed by atoms with Crippen molar-refractivity contribution in [3.63, 3.8) is 0 Å². The molecule has 1 N–H and O–H groups in total. The van der Waals surface area contributed by atoms with Gasteiger partial charge < -0.3 is 23.9 Å². The number of ether oxygens (including phenoxy) is 3. The quantitative estimate of drug-likeness (QED) is 0.239. The predicted molar refractivity (Wildman–Crippen MR) is 177 cm³/mol. The molecule has 11 nitrogen and oxygen atoms in total. The maximum absolute atomic E-state index is 14.1. The Kier molecular flexibility index (Phi) is 10.1. The summed E-state index contributed by atoms with van der Waals surface area (Å²) in [6, 6.07) is 10.3. The summed E-state index contributed by atoms with van der Waals surface area (Å²) in [5.74, 6) is -1.68. The van der Waals surface area contributed by atoms with Crippen LogP contribution in [0.25, 0.3) is 0 Å². The first-order valence-corrected chi connectivity index (χ1v) is 18.3. The molecule has 2 atom stereocenters. The number of aliphatic carboxylic acids is 1. The minimum absolute atomic E-state index is 0.0401. The molecular formula is C34H49N3O8Si. The predicted octanol–water partition coefficient (Wildman–Crippen LogP) is 6.84. The number of carboxylic acid groups (broad SMARTS) is 1. The second kappa shape index (κ2) is 12.7. The number of anilines is 1. The van der Waals surface area contributed by atoms with Crippen molar-refractivity contribution in [1.29, 1.82) is 0 Å². The SMILES string of the molecule is COc1ccc(C[C@@]2(C(=O)O)[C@@H](Cc3ccnc(N(C(=O)OC(C)(C)C)C(=O)OC(C)(C)C)c3)C(=O)N2[Si](C)(C)C(C)(C)C)cc1. The molecule has 3 rings (SSSR count). The van der Waals surface area contributed by atoms with Crippen LogP contribution in [0.2, 0.25) is 18.1 Å². The lowest BCUT2D eigenvalue weighted by Gasteiger charge is -2.63. The van der Waals surface area contributed by atoms with E-state index >= 15 is 0 Å². The van der Waals surface area contributed by atoms with Crippen LogP contribution in [-0.4, -0.2) is 70.8 Å². The van der Waals surface area contributed by atoms with Crippen LogP contribution in [0.1, 0.15) is 73.4 Å². The van der Waals surface area contributed by atoms with Crippen LogP contribution in [0.3, 0.4) is 0 Å². The van der Waals surface area contributed by atoms with Gasteiger partial charge in [-0.2, -0.15) is 4.90 Å². The molecule has 0 bridgehead atoms. The average Bonchev–Trinajstić information content (AvgIpc) is 2.89. The van der Waals surface area contributed by atoms with Crippen LogP contribution >= 0.6 is 0 Å². The number of benzene rings is 1. The number of amides is 3. The Labute approximate surface area is 273 Å². The Hall–Kier alpha value is -3.93. The van der Waals surface area contributed by atoms with Crippen molar-refractivity contribution in [2.75, 3.05) is 12.0 Å². The minimum Gasteiger partial charge on any atom is -0.497 e. The summed E-state index contributed by atoms with van der Waals surface area (Å²) < 4.78 is 17.9. The Morgan fingerprint density at radius 1 is 0.913 bits per heavy atom. The molecule has 0 radical (unpaired) electrons. The average molecular weight is 656 g/mol. The lowest BCUT2D eigenvalue weighted by molar-refractivity contribution is -0.178. The van der Waals surface area contributed by atoms with E-state index in [4.69, 9.17) is 14.2 Å². The van der Waals surface area contributed by atoms with Crippen LogP contribution in [-0.2, 0) is 31.9 Å². The van der Waals surface area contributed by atoms with Crippen LogP contribution in [0.15, 0.2) is 42.6 Å². The normalized spacial score (nSPS) is 18.8. The van der Waals surface area contributed by atoms with E-state index in [1.807, 2.05) is 46.0 Å². The third-order valence-corrected chi connectivity index (χ3v) is 13.9. The third kappa shape index (κ3) is 7.54. The molecule has 1 saturated heterocycles. The highest BCUT2D eigenvalue weighted by Gasteiger charge is 2.69. The van der Waals surface area contributed by atoms with Gasteiger partial charge in [0.15, 0.2) is 8.24 Å². The minimum atomic E-state index is -2.68. The third-order valence-electron chi connectivity index (χ3n) is 8.52. The summed E-state index contributed by atoms with van der Waals surface area (Å²) in [6.45, 7) is 20.2. The second-order valence-corrected chi connectivity index (χ2v) is 20.4. The highest BCUT2D eigenvalue weighted by molar-refractivity contribution is 6.80. The van der Waals surface area contributed by atoms with E-state index in [9.17, 15) is 24.3 Å². The molecule has 252 valence electrons. The van der Waals surface area contributed by atoms with E-state index in [-0.39, 0.29) is 29.6 Å². The molecule has 0 spiro atoms. The summed E-state index contributed by atoms with van der Waals surface area (Å²) in [6.07, 6.45) is -0.412. The fourth-order valence-corrected chi connectivity index (χ4v) is 8.12. The number of carbonyl (C=O) groups is 4. The Balaban J connectivity index is 2.11. The van der Waals surface area contributed by atoms with Gasteiger partial charge >= 0.3 is 18.2 Å². The molecule has 0 aliphatic carbocycles. The monoisotopic (exact) mass is 655 g/mol. The van der Waals surface area contributed by atoms with Gasteiger partial charge in [0, 0.05) is 12.6 Å². The number of hydrogen-bond acceptors (Lipinski definition) is 8. The van der Waals surface area contributed by atoms with Crippen molar-refractivity contribution in [2.24, 2.45) is 5.92 Å². The van der Waals surface area contributed by atoms with E-state index < -0.39 is 49.1 Å². The number of methoxy groups -OCH3 is 1. The van der Waals surface area contributed by atoms with E-state index in [0.717, 1.165) is 5.56 Å². The maximum atomic E-state index is 14.1. The van der Waals surface area contributed by atoms with Gasteiger partial charge in [0.2, 0.25) is 5.91 Å². The van der Waals surface area contributed by atoms with E-state index in [1.54, 1.807) is 71.4 Å². The lowest BCUT2D eigenvalue weighted by atomic mass is 9.69. The Morgan fingerprint density at radius 3 is 1.87 bits per heavy atom. The summed E-state index contributed by atoms with van der Waals surface area (Å²) >= 11 is 0. The molecule has 2 aromatic rings. The molecule has 3 amide bonds. The molecule has 1 fully saturated rings. The summed E-state index contributed by atoms with van der Waals surface area (Å²) in [5, 5.41) is 10.7. The first-order valence-electron chi connectivity index (χ1n) is 15.4. The number of β-lactam (4-membered cyclic amide) rings is 1. The molecule has 2 heterocycles. The highest BCUT2D eigenvalue weighted by atomic mass is 28.3. The number of carboxylic acids is 1. The Bertz CT molecular complexity index is 1440. The number of nitrogens with zero attached hydrogens (tertiary/aromatic N) is 3. The standard InChI is InChI=1S/C34H49N3O8Si/c1-31(2,3)44-29(41)36(30(42)45-32(4,5)6)26-20-23(17-18-35-26)19-25-27(38)37(46(11,12)33(7,8)9)34(25,28(39)40)21-22-13-15-24(43-10)16-14-22/h13-18,20,25H,19,21H2,1-12H3,(H,39,40)/t25-,34-/m0/s1. The molecule has 1 aromatic carbocycles. The zero-order valence-electron chi connectivity index (χ0n) is 29.2. The number of aromatic nitrogens is 1. The van der Waals surface area contributed by atoms with E-state index in [1.165, 1.54) is 12.3 Å². The molecule has 1 aromatic heterocycles. The molecule has 46 heavy (non-hydrogen) atoms. The van der Waals surface area contributed by atoms with Crippen molar-refractivity contribution in [3.8, 4) is 5.75 Å². The van der Waals surface area contributed by atoms with Gasteiger partial charge in [-0.15, -0.1) is 0 Å². The first kappa shape index (κ1) is 36.5. The zero-order valence-corrected chi connectivity index (χ0v) is 30.2. The largest absolute Gasteiger partial charge is 0.497 e. The van der Waals surface area contributed by atoms with Crippen molar-refractivity contribution >= 4 is 38.1 Å². The molecule has 0 saturated carbocycles. The van der Waals surface area contributed by atoms with Gasteiger partial charge in [-0.25, -0.2) is 19.4 Å². The van der Waals surface area contributed by atoms with Gasteiger partial charge in [-0.3, -0.25) is 4.79 Å². The van der Waals surface area contributed by atoms with Gasteiger partial charge in [-0.05, 0) is 88.4 Å². The molecule has 1 aliphatic heterocycles. The first-order chi connectivity index (χ1) is 20.9. The zero-order chi connectivity index (χ0) is 35.0. The molecule has 12 heteroatoms. The summed E-state index contributed by atoms with van der Waals surface area (Å²) in [5.41, 5.74) is -2.09. The van der Waals surface area contributed by atoms with Gasteiger partial charge in [0.25, 0.3) is 0 Å². The fraction of sp³-hybridized carbons (Fsp3) is 0.559. The van der Waals surface area contributed by atoms with Gasteiger partial charge in [-0.1, -0.05) is 46.0 Å². The van der Waals surface area contributed by atoms with E-state index in [2.05, 4.69) is 4.98 Å². The fourth-order valence-electron chi connectivity index (χ4n) is 5.41. The molecular weight excluding hydrogens is 606 g/mol. The summed E-state index contributed by atoms with van der Waals surface area (Å²) in [4.78, 5) is 59.0. The van der Waals surface area contributed by atoms with Crippen molar-refractivity contribution < 1.29 is 38.5 Å². The van der Waals surface area contributed by atoms with Gasteiger partial charge in [0.1, 0.15) is 28.3 Å². The van der Waals surface area contributed by atoms with Crippen molar-refractivity contribution in [3.05, 3.63) is 53.7 Å². The Morgan fingerprint density at radius 2 is 1.43 bits per heavy atom. The van der Waals surface area contributed by atoms with Crippen LogP contribution < -0.4 is 9.64 Å². The smallest absolute Gasteiger partial charge is 0.425 e. The topological polar surface area (TPSA) is 136 Å². The maximum Gasteiger partial charge on any atom is 0.425 e. The highest BCUT2D eigenvalue weighted by Crippen LogP contribution is 2.52. The molecule has 0 unspecified atom stereocenters. The lowest BCUT2D eigenvalue weighted by Crippen LogP contribution is -2.83. The second-order valence-electron chi connectivity index (χ2n) is 15.3. The van der Waals surface area contributed by atoms with Crippen LogP contribution in [0.5, 0.6) is 5.75 Å². The van der Waals surface area contributed by atoms with Gasteiger partial charge in [0.05, 0.1) is 13.0 Å². The number of carbonyl (C=O) groups excluding carboxylic acids is 3. The van der Waals surface area contributed by atoms with Crippen molar-refractivity contribution in [2.45, 2.75) is 110 Å². The van der Waals surface area contributed by atoms with Crippen LogP contribution in [0, 0.1) is 5.92 Å². The number of pyridine rings is 1. The number of imide groups is 1. The number of hydrogen-bond donors (Lipinski definition) is 1.